The first-order valence-electron chi connectivity index (χ1n) is 10.8. The van der Waals surface area contributed by atoms with E-state index < -0.39 is 5.41 Å². The summed E-state index contributed by atoms with van der Waals surface area (Å²) < 4.78 is 11.4. The lowest BCUT2D eigenvalue weighted by atomic mass is 9.95. The van der Waals surface area contributed by atoms with Crippen LogP contribution in [0.15, 0.2) is 66.9 Å². The number of ether oxygens (including phenoxy) is 2. The molecule has 1 heterocycles. The lowest BCUT2D eigenvalue weighted by molar-refractivity contribution is -0.123. The minimum atomic E-state index is -0.522. The highest BCUT2D eigenvalue weighted by Gasteiger charge is 2.21. The Labute approximate surface area is 194 Å². The molecule has 0 fully saturated rings. The molecule has 0 aliphatic carbocycles. The van der Waals surface area contributed by atoms with Crippen LogP contribution in [0.25, 0.3) is 0 Å². The Morgan fingerprint density at radius 2 is 1.73 bits per heavy atom. The fourth-order valence-corrected chi connectivity index (χ4v) is 2.84. The van der Waals surface area contributed by atoms with Gasteiger partial charge >= 0.3 is 0 Å². The molecule has 0 radical (unpaired) electrons. The van der Waals surface area contributed by atoms with Gasteiger partial charge in [-0.2, -0.15) is 0 Å². The molecule has 2 amide bonds. The van der Waals surface area contributed by atoms with Crippen molar-refractivity contribution in [3.05, 3.63) is 78.0 Å². The number of rotatable bonds is 8. The van der Waals surface area contributed by atoms with Crippen molar-refractivity contribution in [2.75, 3.05) is 11.9 Å². The monoisotopic (exact) mass is 447 g/mol. The average molecular weight is 448 g/mol. The maximum atomic E-state index is 12.6. The number of benzene rings is 2. The molecule has 7 heteroatoms. The number of carbonyl (C=O) groups is 2. The normalized spacial score (nSPS) is 10.9. The van der Waals surface area contributed by atoms with Crippen LogP contribution < -0.4 is 20.1 Å². The summed E-state index contributed by atoms with van der Waals surface area (Å²) in [5, 5.41) is 5.71. The lowest BCUT2D eigenvalue weighted by Crippen LogP contribution is -2.28. The van der Waals surface area contributed by atoms with E-state index in [1.807, 2.05) is 58.0 Å². The standard InChI is InChI=1S/C26H29N3O4/c1-5-32-21-11-6-7-12-22(21)33-23-14-13-18(16-27-23)17-28-24(30)19-9-8-10-20(15-19)29-25(31)26(2,3)4/h6-16H,5,17H2,1-4H3,(H,28,30)(H,29,31). The number of para-hydroxylation sites is 2. The molecule has 0 aliphatic heterocycles. The molecular formula is C26H29N3O4. The van der Waals surface area contributed by atoms with E-state index in [9.17, 15) is 9.59 Å². The van der Waals surface area contributed by atoms with E-state index in [0.29, 0.717) is 41.8 Å². The molecule has 1 aromatic heterocycles. The Morgan fingerprint density at radius 1 is 0.970 bits per heavy atom. The average Bonchev–Trinajstić information content (AvgIpc) is 2.79. The summed E-state index contributed by atoms with van der Waals surface area (Å²) in [6.07, 6.45) is 1.65. The number of amides is 2. The van der Waals surface area contributed by atoms with Crippen LogP contribution in [-0.4, -0.2) is 23.4 Å². The number of hydrogen-bond donors (Lipinski definition) is 2. The summed E-state index contributed by atoms with van der Waals surface area (Å²) in [6.45, 7) is 8.26. The Bertz CT molecular complexity index is 1110. The van der Waals surface area contributed by atoms with Crippen molar-refractivity contribution in [2.24, 2.45) is 5.41 Å². The van der Waals surface area contributed by atoms with Crippen LogP contribution in [0.5, 0.6) is 17.4 Å². The minimum absolute atomic E-state index is 0.114. The van der Waals surface area contributed by atoms with Gasteiger partial charge < -0.3 is 20.1 Å². The van der Waals surface area contributed by atoms with Crippen molar-refractivity contribution in [2.45, 2.75) is 34.2 Å². The number of nitrogens with zero attached hydrogens (tertiary/aromatic N) is 1. The van der Waals surface area contributed by atoms with Gasteiger partial charge in [-0.25, -0.2) is 4.98 Å². The van der Waals surface area contributed by atoms with E-state index >= 15 is 0 Å². The van der Waals surface area contributed by atoms with Gasteiger partial charge in [-0.3, -0.25) is 9.59 Å². The van der Waals surface area contributed by atoms with E-state index in [2.05, 4.69) is 15.6 Å². The fourth-order valence-electron chi connectivity index (χ4n) is 2.84. The van der Waals surface area contributed by atoms with Gasteiger partial charge in [0.05, 0.1) is 6.61 Å². The smallest absolute Gasteiger partial charge is 0.251 e. The number of hydrogen-bond acceptors (Lipinski definition) is 5. The number of aromatic nitrogens is 1. The van der Waals surface area contributed by atoms with Crippen LogP contribution in [0.1, 0.15) is 43.6 Å². The quantitative estimate of drug-likeness (QED) is 0.496. The van der Waals surface area contributed by atoms with Crippen LogP contribution in [0.3, 0.4) is 0 Å². The Morgan fingerprint density at radius 3 is 2.39 bits per heavy atom. The SMILES string of the molecule is CCOc1ccccc1Oc1ccc(CNC(=O)c2cccc(NC(=O)C(C)(C)C)c2)cn1. The summed E-state index contributed by atoms with van der Waals surface area (Å²) >= 11 is 0. The van der Waals surface area contributed by atoms with Gasteiger partial charge in [0.15, 0.2) is 11.5 Å². The molecule has 2 aromatic carbocycles. The van der Waals surface area contributed by atoms with E-state index in [1.54, 1.807) is 36.5 Å². The van der Waals surface area contributed by atoms with Gasteiger partial charge in [0.2, 0.25) is 11.8 Å². The zero-order valence-electron chi connectivity index (χ0n) is 19.3. The van der Waals surface area contributed by atoms with Gasteiger partial charge in [0.1, 0.15) is 0 Å². The zero-order chi connectivity index (χ0) is 23.8. The molecule has 0 spiro atoms. The molecular weight excluding hydrogens is 418 g/mol. The predicted octanol–water partition coefficient (Wildman–Crippen LogP) is 5.19. The first kappa shape index (κ1) is 23.8. The number of pyridine rings is 1. The zero-order valence-corrected chi connectivity index (χ0v) is 19.3. The van der Waals surface area contributed by atoms with Gasteiger partial charge in [0.25, 0.3) is 5.91 Å². The second kappa shape index (κ2) is 10.6. The van der Waals surface area contributed by atoms with Crippen molar-refractivity contribution < 1.29 is 19.1 Å². The highest BCUT2D eigenvalue weighted by molar-refractivity contribution is 5.98. The third-order valence-electron chi connectivity index (χ3n) is 4.68. The second-order valence-corrected chi connectivity index (χ2v) is 8.45. The number of nitrogens with one attached hydrogen (secondary N) is 2. The largest absolute Gasteiger partial charge is 0.490 e. The second-order valence-electron chi connectivity index (χ2n) is 8.45. The highest BCUT2D eigenvalue weighted by atomic mass is 16.5. The van der Waals surface area contributed by atoms with Crippen LogP contribution in [-0.2, 0) is 11.3 Å². The number of anilines is 1. The lowest BCUT2D eigenvalue weighted by Gasteiger charge is -2.18. The van der Waals surface area contributed by atoms with Crippen LogP contribution in [0, 0.1) is 5.41 Å². The first-order valence-corrected chi connectivity index (χ1v) is 10.8. The van der Waals surface area contributed by atoms with Crippen molar-refractivity contribution in [1.82, 2.24) is 10.3 Å². The van der Waals surface area contributed by atoms with Crippen molar-refractivity contribution in [3.63, 3.8) is 0 Å². The van der Waals surface area contributed by atoms with E-state index in [1.165, 1.54) is 0 Å². The molecule has 0 bridgehead atoms. The number of carbonyl (C=O) groups excluding carboxylic acids is 2. The van der Waals surface area contributed by atoms with Gasteiger partial charge in [-0.15, -0.1) is 0 Å². The summed E-state index contributed by atoms with van der Waals surface area (Å²) in [4.78, 5) is 29.1. The molecule has 0 unspecified atom stereocenters. The van der Waals surface area contributed by atoms with Gasteiger partial charge in [0, 0.05) is 35.5 Å². The molecule has 172 valence electrons. The van der Waals surface area contributed by atoms with Gasteiger partial charge in [-0.1, -0.05) is 45.0 Å². The van der Waals surface area contributed by atoms with Crippen molar-refractivity contribution in [3.8, 4) is 17.4 Å². The summed E-state index contributed by atoms with van der Waals surface area (Å²) in [5.74, 6) is 1.31. The Kier molecular flexibility index (Phi) is 7.66. The third kappa shape index (κ3) is 6.80. The van der Waals surface area contributed by atoms with Crippen LogP contribution in [0.2, 0.25) is 0 Å². The van der Waals surface area contributed by atoms with Crippen molar-refractivity contribution in [1.29, 1.82) is 0 Å². The van der Waals surface area contributed by atoms with Crippen LogP contribution >= 0.6 is 0 Å². The molecule has 3 aromatic rings. The molecule has 33 heavy (non-hydrogen) atoms. The molecule has 0 saturated heterocycles. The maximum Gasteiger partial charge on any atom is 0.251 e. The Hall–Kier alpha value is -3.87. The fraction of sp³-hybridized carbons (Fsp3) is 0.269. The molecule has 0 aliphatic rings. The summed E-state index contributed by atoms with van der Waals surface area (Å²) in [7, 11) is 0. The molecule has 3 rings (SSSR count). The van der Waals surface area contributed by atoms with Crippen LogP contribution in [0.4, 0.5) is 5.69 Å². The van der Waals surface area contributed by atoms with E-state index in [-0.39, 0.29) is 11.8 Å². The highest BCUT2D eigenvalue weighted by Crippen LogP contribution is 2.30. The van der Waals surface area contributed by atoms with E-state index in [4.69, 9.17) is 9.47 Å². The molecule has 0 atom stereocenters. The first-order chi connectivity index (χ1) is 15.8. The molecule has 7 nitrogen and oxygen atoms in total. The van der Waals surface area contributed by atoms with Crippen molar-refractivity contribution >= 4 is 17.5 Å². The summed E-state index contributed by atoms with van der Waals surface area (Å²) in [6, 6.07) is 17.8. The summed E-state index contributed by atoms with van der Waals surface area (Å²) in [5.41, 5.74) is 1.35. The predicted molar refractivity (Wildman–Crippen MR) is 128 cm³/mol. The molecule has 2 N–H and O–H groups in total. The van der Waals surface area contributed by atoms with E-state index in [0.717, 1.165) is 5.56 Å². The van der Waals surface area contributed by atoms with Gasteiger partial charge in [-0.05, 0) is 42.8 Å². The maximum absolute atomic E-state index is 12.6. The minimum Gasteiger partial charge on any atom is -0.490 e. The topological polar surface area (TPSA) is 89.5 Å². The third-order valence-corrected chi connectivity index (χ3v) is 4.68. The Balaban J connectivity index is 1.58. The molecule has 0 saturated carbocycles.